The highest BCUT2D eigenvalue weighted by atomic mass is 79.9. The second-order valence-electron chi connectivity index (χ2n) is 4.64. The maximum Gasteiger partial charge on any atom is 0.136 e. The van der Waals surface area contributed by atoms with E-state index in [-0.39, 0.29) is 0 Å². The van der Waals surface area contributed by atoms with Crippen molar-refractivity contribution in [1.82, 2.24) is 10.2 Å². The summed E-state index contributed by atoms with van der Waals surface area (Å²) in [5.74, 6) is 1.78. The SMILES string of the molecule is COc1cc(Br)c(OC)c(CCN2CCNCC2)c1. The Hall–Kier alpha value is -0.780. The Bertz CT molecular complexity index is 420. The van der Waals surface area contributed by atoms with Crippen molar-refractivity contribution in [3.8, 4) is 11.5 Å². The minimum absolute atomic E-state index is 0.864. The van der Waals surface area contributed by atoms with E-state index in [1.165, 1.54) is 5.56 Å². The molecule has 1 aliphatic rings. The molecule has 0 spiro atoms. The molecule has 0 unspecified atom stereocenters. The third-order valence-corrected chi connectivity index (χ3v) is 4.03. The van der Waals surface area contributed by atoms with Crippen molar-refractivity contribution in [2.45, 2.75) is 6.42 Å². The van der Waals surface area contributed by atoms with E-state index in [0.717, 1.165) is 55.1 Å². The van der Waals surface area contributed by atoms with Gasteiger partial charge in [-0.25, -0.2) is 0 Å². The van der Waals surface area contributed by atoms with E-state index in [4.69, 9.17) is 9.47 Å². The van der Waals surface area contributed by atoms with Gasteiger partial charge in [0.25, 0.3) is 0 Å². The van der Waals surface area contributed by atoms with E-state index in [0.29, 0.717) is 0 Å². The highest BCUT2D eigenvalue weighted by Crippen LogP contribution is 2.33. The van der Waals surface area contributed by atoms with Crippen molar-refractivity contribution in [2.75, 3.05) is 46.9 Å². The number of hydrogen-bond donors (Lipinski definition) is 1. The quantitative estimate of drug-likeness (QED) is 0.895. The van der Waals surface area contributed by atoms with Gasteiger partial charge >= 0.3 is 0 Å². The zero-order valence-corrected chi connectivity index (χ0v) is 13.1. The fraction of sp³-hybridized carbons (Fsp3) is 0.571. The van der Waals surface area contributed by atoms with Gasteiger partial charge in [0.2, 0.25) is 0 Å². The Kier molecular flexibility index (Phi) is 5.48. The van der Waals surface area contributed by atoms with E-state index in [1.807, 2.05) is 6.07 Å². The van der Waals surface area contributed by atoms with Crippen molar-refractivity contribution in [1.29, 1.82) is 0 Å². The average Bonchev–Trinajstić information content (AvgIpc) is 2.45. The summed E-state index contributed by atoms with van der Waals surface area (Å²) in [6.07, 6.45) is 0.971. The van der Waals surface area contributed by atoms with Gasteiger partial charge in [-0.3, -0.25) is 0 Å². The largest absolute Gasteiger partial charge is 0.497 e. The van der Waals surface area contributed by atoms with Crippen LogP contribution in [0.1, 0.15) is 5.56 Å². The Balaban J connectivity index is 2.06. The van der Waals surface area contributed by atoms with Crippen molar-refractivity contribution in [3.63, 3.8) is 0 Å². The van der Waals surface area contributed by atoms with Crippen molar-refractivity contribution in [3.05, 3.63) is 22.2 Å². The molecule has 0 saturated carbocycles. The van der Waals surface area contributed by atoms with Crippen LogP contribution in [-0.4, -0.2) is 51.8 Å². The summed E-state index contributed by atoms with van der Waals surface area (Å²) in [6.45, 7) is 5.45. The van der Waals surface area contributed by atoms with E-state index in [2.05, 4.69) is 32.2 Å². The first-order chi connectivity index (χ1) is 9.24. The Labute approximate surface area is 123 Å². The summed E-state index contributed by atoms with van der Waals surface area (Å²) in [6, 6.07) is 4.00. The lowest BCUT2D eigenvalue weighted by Crippen LogP contribution is -2.44. The third kappa shape index (κ3) is 3.84. The molecule has 1 aromatic rings. The summed E-state index contributed by atoms with van der Waals surface area (Å²) >= 11 is 3.54. The van der Waals surface area contributed by atoms with Gasteiger partial charge in [0, 0.05) is 38.3 Å². The smallest absolute Gasteiger partial charge is 0.136 e. The normalized spacial score (nSPS) is 16.4. The lowest BCUT2D eigenvalue weighted by molar-refractivity contribution is 0.243. The van der Waals surface area contributed by atoms with Gasteiger partial charge < -0.3 is 19.7 Å². The van der Waals surface area contributed by atoms with E-state index in [9.17, 15) is 0 Å². The lowest BCUT2D eigenvalue weighted by Gasteiger charge is -2.27. The van der Waals surface area contributed by atoms with Crippen molar-refractivity contribution >= 4 is 15.9 Å². The summed E-state index contributed by atoms with van der Waals surface area (Å²) in [5.41, 5.74) is 1.19. The number of nitrogens with zero attached hydrogens (tertiary/aromatic N) is 1. The summed E-state index contributed by atoms with van der Waals surface area (Å²) < 4.78 is 11.7. The van der Waals surface area contributed by atoms with Gasteiger partial charge in [0.05, 0.1) is 18.7 Å². The Morgan fingerprint density at radius 3 is 2.58 bits per heavy atom. The predicted octanol–water partition coefficient (Wildman–Crippen LogP) is 1.91. The monoisotopic (exact) mass is 328 g/mol. The first-order valence-electron chi connectivity index (χ1n) is 6.58. The Morgan fingerprint density at radius 2 is 1.95 bits per heavy atom. The molecule has 0 atom stereocenters. The molecule has 0 aliphatic carbocycles. The number of ether oxygens (including phenoxy) is 2. The van der Waals surface area contributed by atoms with Crippen LogP contribution in [0.15, 0.2) is 16.6 Å². The molecule has 1 fully saturated rings. The summed E-state index contributed by atoms with van der Waals surface area (Å²) in [5, 5.41) is 3.37. The molecule has 4 nitrogen and oxygen atoms in total. The molecule has 0 bridgehead atoms. The highest BCUT2D eigenvalue weighted by Gasteiger charge is 2.13. The second-order valence-corrected chi connectivity index (χ2v) is 5.50. The van der Waals surface area contributed by atoms with E-state index >= 15 is 0 Å². The van der Waals surface area contributed by atoms with E-state index in [1.54, 1.807) is 14.2 Å². The molecule has 1 N–H and O–H groups in total. The number of methoxy groups -OCH3 is 2. The van der Waals surface area contributed by atoms with Crippen LogP contribution in [0.2, 0.25) is 0 Å². The fourth-order valence-electron chi connectivity index (χ4n) is 2.37. The zero-order chi connectivity index (χ0) is 13.7. The molecule has 106 valence electrons. The summed E-state index contributed by atoms with van der Waals surface area (Å²) in [7, 11) is 3.40. The molecule has 1 aromatic carbocycles. The molecule has 0 radical (unpaired) electrons. The zero-order valence-electron chi connectivity index (χ0n) is 11.5. The van der Waals surface area contributed by atoms with Gasteiger partial charge in [-0.05, 0) is 34.5 Å². The van der Waals surface area contributed by atoms with Gasteiger partial charge in [0.1, 0.15) is 11.5 Å². The molecule has 0 amide bonds. The minimum atomic E-state index is 0.864. The number of benzene rings is 1. The van der Waals surface area contributed by atoms with Crippen LogP contribution in [0.25, 0.3) is 0 Å². The number of hydrogen-bond acceptors (Lipinski definition) is 4. The van der Waals surface area contributed by atoms with Gasteiger partial charge in [-0.15, -0.1) is 0 Å². The lowest BCUT2D eigenvalue weighted by atomic mass is 10.1. The van der Waals surface area contributed by atoms with Crippen LogP contribution in [0.5, 0.6) is 11.5 Å². The molecular weight excluding hydrogens is 308 g/mol. The number of rotatable bonds is 5. The van der Waals surface area contributed by atoms with Crippen LogP contribution in [0.4, 0.5) is 0 Å². The molecular formula is C14H21BrN2O2. The second kappa shape index (κ2) is 7.12. The summed E-state index contributed by atoms with van der Waals surface area (Å²) in [4.78, 5) is 2.48. The number of piperazine rings is 1. The van der Waals surface area contributed by atoms with Crippen LogP contribution in [-0.2, 0) is 6.42 Å². The fourth-order valence-corrected chi connectivity index (χ4v) is 3.01. The van der Waals surface area contributed by atoms with E-state index < -0.39 is 0 Å². The minimum Gasteiger partial charge on any atom is -0.497 e. The standard InChI is InChI=1S/C14H21BrN2O2/c1-18-12-9-11(14(19-2)13(15)10-12)3-6-17-7-4-16-5-8-17/h9-10,16H,3-8H2,1-2H3. The maximum atomic E-state index is 5.48. The van der Waals surface area contributed by atoms with Crippen molar-refractivity contribution in [2.24, 2.45) is 0 Å². The van der Waals surface area contributed by atoms with Gasteiger partial charge in [-0.1, -0.05) is 0 Å². The molecule has 19 heavy (non-hydrogen) atoms. The first-order valence-corrected chi connectivity index (χ1v) is 7.37. The Morgan fingerprint density at radius 1 is 1.21 bits per heavy atom. The van der Waals surface area contributed by atoms with Crippen LogP contribution in [0.3, 0.4) is 0 Å². The highest BCUT2D eigenvalue weighted by molar-refractivity contribution is 9.10. The molecule has 1 heterocycles. The van der Waals surface area contributed by atoms with Gasteiger partial charge in [0.15, 0.2) is 0 Å². The molecule has 2 rings (SSSR count). The molecule has 0 aromatic heterocycles. The third-order valence-electron chi connectivity index (χ3n) is 3.44. The van der Waals surface area contributed by atoms with Gasteiger partial charge in [-0.2, -0.15) is 0 Å². The molecule has 1 aliphatic heterocycles. The predicted molar refractivity (Wildman–Crippen MR) is 80.3 cm³/mol. The first kappa shape index (κ1) is 14.6. The van der Waals surface area contributed by atoms with Crippen LogP contribution in [0, 0.1) is 0 Å². The topological polar surface area (TPSA) is 33.7 Å². The van der Waals surface area contributed by atoms with Crippen LogP contribution >= 0.6 is 15.9 Å². The molecule has 1 saturated heterocycles. The number of halogens is 1. The number of nitrogens with one attached hydrogen (secondary N) is 1. The average molecular weight is 329 g/mol. The molecule has 5 heteroatoms. The maximum absolute atomic E-state index is 5.48. The van der Waals surface area contributed by atoms with Crippen molar-refractivity contribution < 1.29 is 9.47 Å². The van der Waals surface area contributed by atoms with Crippen LogP contribution < -0.4 is 14.8 Å².